The summed E-state index contributed by atoms with van der Waals surface area (Å²) < 4.78 is 57.2. The van der Waals surface area contributed by atoms with Gasteiger partial charge in [0, 0.05) is 11.6 Å². The second-order valence-corrected chi connectivity index (χ2v) is 9.16. The average molecular weight is 513 g/mol. The van der Waals surface area contributed by atoms with Crippen molar-refractivity contribution in [2.45, 2.75) is 58.4 Å². The van der Waals surface area contributed by atoms with Crippen LogP contribution in [0.2, 0.25) is 0 Å². The lowest BCUT2D eigenvalue weighted by Crippen LogP contribution is -2.16. The van der Waals surface area contributed by atoms with Crippen LogP contribution in [0.3, 0.4) is 0 Å². The molecule has 9 heteroatoms. The Balaban J connectivity index is 0.00000342. The number of fused-ring (bicyclic) bond motifs is 1. The van der Waals surface area contributed by atoms with Crippen molar-refractivity contribution in [3.63, 3.8) is 0 Å². The molecule has 0 saturated heterocycles. The van der Waals surface area contributed by atoms with Crippen molar-refractivity contribution in [3.05, 3.63) is 58.7 Å². The number of halogens is 4. The predicted octanol–water partition coefficient (Wildman–Crippen LogP) is 6.91. The molecule has 1 saturated carbocycles. The first-order chi connectivity index (χ1) is 16.1. The number of hydrogen-bond donors (Lipinski definition) is 1. The normalized spacial score (nSPS) is 15.9. The average Bonchev–Trinajstić information content (AvgIpc) is 3.57. The van der Waals surface area contributed by atoms with Crippen LogP contribution in [0.5, 0.6) is 17.2 Å². The highest BCUT2D eigenvalue weighted by Crippen LogP contribution is 2.50. The fourth-order valence-electron chi connectivity index (χ4n) is 3.96. The molecule has 2 aromatic rings. The molecule has 0 amide bonds. The number of hydrogen-bond acceptors (Lipinski definition) is 4. The Morgan fingerprint density at radius 3 is 2.54 bits per heavy atom. The molecule has 0 atom stereocenters. The molecule has 0 spiro atoms. The molecule has 1 aliphatic carbocycles. The SMILES string of the molecule is CC(C)Oc1ccc(COc2ccc3c(c2)OCC(CCC2(C(=O)O)CC2)=C3)cc1C(F)(F)F.Cl. The second kappa shape index (κ2) is 10.4. The van der Waals surface area contributed by atoms with Gasteiger partial charge in [0.1, 0.15) is 30.5 Å². The third-order valence-electron chi connectivity index (χ3n) is 6.11. The highest BCUT2D eigenvalue weighted by Gasteiger charge is 2.49. The van der Waals surface area contributed by atoms with E-state index in [4.69, 9.17) is 14.2 Å². The third kappa shape index (κ3) is 6.42. The maximum absolute atomic E-state index is 13.5. The molecule has 1 fully saturated rings. The van der Waals surface area contributed by atoms with Gasteiger partial charge in [-0.25, -0.2) is 0 Å². The number of carbonyl (C=O) groups is 1. The number of carboxylic acids is 1. The molecule has 4 rings (SSSR count). The minimum atomic E-state index is -4.53. The Bertz CT molecular complexity index is 1110. The quantitative estimate of drug-likeness (QED) is 0.395. The Morgan fingerprint density at radius 1 is 1.17 bits per heavy atom. The first-order valence-corrected chi connectivity index (χ1v) is 11.2. The van der Waals surface area contributed by atoms with Gasteiger partial charge in [-0.15, -0.1) is 12.4 Å². The Labute approximate surface area is 208 Å². The topological polar surface area (TPSA) is 65.0 Å². The van der Waals surface area contributed by atoms with Crippen molar-refractivity contribution in [3.8, 4) is 17.2 Å². The van der Waals surface area contributed by atoms with E-state index in [0.29, 0.717) is 36.5 Å². The van der Waals surface area contributed by atoms with Crippen LogP contribution in [0.4, 0.5) is 13.2 Å². The van der Waals surface area contributed by atoms with E-state index in [2.05, 4.69) is 0 Å². The van der Waals surface area contributed by atoms with Gasteiger partial charge in [0.25, 0.3) is 0 Å². The standard InChI is InChI=1S/C26H27F3O5.ClH/c1-16(2)34-22-6-3-17(12-21(22)26(27,28)29)14-32-20-5-4-19-11-18(15-33-23(19)13-20)7-8-25(9-10-25)24(30)31;/h3-6,11-13,16H,7-10,14-15H2,1-2H3,(H,30,31);1H. The van der Waals surface area contributed by atoms with Crippen molar-refractivity contribution in [1.29, 1.82) is 0 Å². The van der Waals surface area contributed by atoms with Crippen LogP contribution in [0.25, 0.3) is 6.08 Å². The number of ether oxygens (including phenoxy) is 3. The molecule has 2 aromatic carbocycles. The summed E-state index contributed by atoms with van der Waals surface area (Å²) in [5.41, 5.74) is 0.880. The molecule has 0 radical (unpaired) electrons. The van der Waals surface area contributed by atoms with Gasteiger partial charge in [0.2, 0.25) is 0 Å². The molecular formula is C26H28ClF3O5. The summed E-state index contributed by atoms with van der Waals surface area (Å²) in [7, 11) is 0. The number of aliphatic carboxylic acids is 1. The maximum Gasteiger partial charge on any atom is 0.419 e. The minimum absolute atomic E-state index is 0. The van der Waals surface area contributed by atoms with Gasteiger partial charge in [-0.3, -0.25) is 4.79 Å². The van der Waals surface area contributed by atoms with E-state index in [9.17, 15) is 23.1 Å². The van der Waals surface area contributed by atoms with Crippen molar-refractivity contribution in [2.24, 2.45) is 5.41 Å². The lowest BCUT2D eigenvalue weighted by molar-refractivity contribution is -0.143. The number of alkyl halides is 3. The molecular weight excluding hydrogens is 485 g/mol. The lowest BCUT2D eigenvalue weighted by atomic mass is 9.95. The summed E-state index contributed by atoms with van der Waals surface area (Å²) >= 11 is 0. The van der Waals surface area contributed by atoms with E-state index >= 15 is 0 Å². The van der Waals surface area contributed by atoms with Crippen molar-refractivity contribution in [2.75, 3.05) is 6.61 Å². The molecule has 0 bridgehead atoms. The van der Waals surface area contributed by atoms with Gasteiger partial charge in [0.05, 0.1) is 17.1 Å². The second-order valence-electron chi connectivity index (χ2n) is 9.16. The summed E-state index contributed by atoms with van der Waals surface area (Å²) in [6, 6.07) is 9.20. The van der Waals surface area contributed by atoms with E-state index in [1.165, 1.54) is 6.07 Å². The lowest BCUT2D eigenvalue weighted by Gasteiger charge is -2.20. The van der Waals surface area contributed by atoms with E-state index in [-0.39, 0.29) is 30.9 Å². The maximum atomic E-state index is 13.5. The third-order valence-corrected chi connectivity index (χ3v) is 6.11. The van der Waals surface area contributed by atoms with Crippen LogP contribution in [-0.4, -0.2) is 23.8 Å². The molecule has 1 heterocycles. The Hall–Kier alpha value is -2.87. The van der Waals surface area contributed by atoms with Gasteiger partial charge in [-0.2, -0.15) is 13.2 Å². The molecule has 2 aliphatic rings. The van der Waals surface area contributed by atoms with Crippen LogP contribution >= 0.6 is 12.4 Å². The zero-order valence-electron chi connectivity index (χ0n) is 19.5. The largest absolute Gasteiger partial charge is 0.490 e. The molecule has 5 nitrogen and oxygen atoms in total. The Kier molecular flexibility index (Phi) is 7.94. The van der Waals surface area contributed by atoms with Gasteiger partial charge in [-0.1, -0.05) is 6.07 Å². The zero-order chi connectivity index (χ0) is 24.5. The molecule has 0 unspecified atom stereocenters. The summed E-state index contributed by atoms with van der Waals surface area (Å²) in [5.74, 6) is 0.176. The summed E-state index contributed by atoms with van der Waals surface area (Å²) in [5, 5.41) is 9.33. The molecule has 190 valence electrons. The van der Waals surface area contributed by atoms with Crippen LogP contribution in [-0.2, 0) is 17.6 Å². The molecule has 0 aromatic heterocycles. The highest BCUT2D eigenvalue weighted by atomic mass is 35.5. The van der Waals surface area contributed by atoms with E-state index in [0.717, 1.165) is 30.0 Å². The summed E-state index contributed by atoms with van der Waals surface area (Å²) in [4.78, 5) is 11.4. The number of rotatable bonds is 9. The van der Waals surface area contributed by atoms with Gasteiger partial charge in [0.15, 0.2) is 0 Å². The van der Waals surface area contributed by atoms with Gasteiger partial charge >= 0.3 is 12.1 Å². The zero-order valence-corrected chi connectivity index (χ0v) is 20.3. The first-order valence-electron chi connectivity index (χ1n) is 11.2. The number of benzene rings is 2. The van der Waals surface area contributed by atoms with Crippen LogP contribution in [0.1, 0.15) is 56.2 Å². The summed E-state index contributed by atoms with van der Waals surface area (Å²) in [6.07, 6.45) is -0.175. The van der Waals surface area contributed by atoms with Crippen molar-refractivity contribution in [1.82, 2.24) is 0 Å². The summed E-state index contributed by atoms with van der Waals surface area (Å²) in [6.45, 7) is 3.68. The van der Waals surface area contributed by atoms with Crippen LogP contribution < -0.4 is 14.2 Å². The van der Waals surface area contributed by atoms with Gasteiger partial charge < -0.3 is 19.3 Å². The van der Waals surface area contributed by atoms with Crippen LogP contribution in [0.15, 0.2) is 42.0 Å². The highest BCUT2D eigenvalue weighted by molar-refractivity contribution is 5.85. The van der Waals surface area contributed by atoms with Crippen LogP contribution in [0, 0.1) is 5.41 Å². The molecule has 35 heavy (non-hydrogen) atoms. The van der Waals surface area contributed by atoms with Gasteiger partial charge in [-0.05, 0) is 81.0 Å². The first kappa shape index (κ1) is 26.7. The monoisotopic (exact) mass is 512 g/mol. The van der Waals surface area contributed by atoms with E-state index in [1.54, 1.807) is 32.0 Å². The number of carboxylic acid groups (broad SMARTS) is 1. The minimum Gasteiger partial charge on any atom is -0.490 e. The molecule has 1 aliphatic heterocycles. The Morgan fingerprint density at radius 2 is 1.91 bits per heavy atom. The molecule has 1 N–H and O–H groups in total. The van der Waals surface area contributed by atoms with E-state index < -0.39 is 23.1 Å². The van der Waals surface area contributed by atoms with Crippen molar-refractivity contribution < 1.29 is 37.3 Å². The smallest absolute Gasteiger partial charge is 0.419 e. The fourth-order valence-corrected chi connectivity index (χ4v) is 3.96. The van der Waals surface area contributed by atoms with E-state index in [1.807, 2.05) is 12.1 Å². The van der Waals surface area contributed by atoms with Crippen molar-refractivity contribution >= 4 is 24.5 Å². The predicted molar refractivity (Wildman–Crippen MR) is 127 cm³/mol. The fraction of sp³-hybridized carbons (Fsp3) is 0.423.